The summed E-state index contributed by atoms with van der Waals surface area (Å²) in [6, 6.07) is 21.6. The van der Waals surface area contributed by atoms with Gasteiger partial charge in [-0.2, -0.15) is 0 Å². The fourth-order valence-corrected chi connectivity index (χ4v) is 4.74. The van der Waals surface area contributed by atoms with Gasteiger partial charge in [-0.25, -0.2) is 0 Å². The number of allylic oxidation sites excluding steroid dienone is 1. The molecule has 4 heteroatoms. The zero-order chi connectivity index (χ0) is 20.8. The van der Waals surface area contributed by atoms with Crippen molar-refractivity contribution in [3.05, 3.63) is 89.0 Å². The van der Waals surface area contributed by atoms with Crippen LogP contribution in [-0.2, 0) is 9.53 Å². The lowest BCUT2D eigenvalue weighted by Gasteiger charge is -2.31. The standard InChI is InChI=1S/C26H21NO3/c1-3-30-26(29)21-15(2)27-24-19-12-6-7-13-20(19)25(28)23(24)22(21)18-14-8-10-16-9-4-5-11-17(16)18/h4-14,21-22H,3H2,1-2H3. The Kier molecular flexibility index (Phi) is 4.35. The van der Waals surface area contributed by atoms with Gasteiger partial charge in [0.25, 0.3) is 0 Å². The number of ether oxygens (including phenoxy) is 1. The number of nitrogens with zero attached hydrogens (tertiary/aromatic N) is 1. The van der Waals surface area contributed by atoms with Crippen molar-refractivity contribution >= 4 is 33.9 Å². The first-order valence-corrected chi connectivity index (χ1v) is 10.2. The fraction of sp³-hybridized carbons (Fsp3) is 0.192. The highest BCUT2D eigenvalue weighted by Crippen LogP contribution is 2.49. The molecule has 3 aromatic rings. The molecule has 0 fully saturated rings. The van der Waals surface area contributed by atoms with Crippen molar-refractivity contribution in [2.24, 2.45) is 10.9 Å². The summed E-state index contributed by atoms with van der Waals surface area (Å²) in [6.45, 7) is 3.93. The van der Waals surface area contributed by atoms with Crippen molar-refractivity contribution in [1.29, 1.82) is 0 Å². The van der Waals surface area contributed by atoms with Crippen molar-refractivity contribution in [3.63, 3.8) is 0 Å². The molecule has 148 valence electrons. The van der Waals surface area contributed by atoms with E-state index >= 15 is 0 Å². The van der Waals surface area contributed by atoms with E-state index in [-0.39, 0.29) is 18.4 Å². The van der Waals surface area contributed by atoms with Gasteiger partial charge in [0.1, 0.15) is 5.92 Å². The Bertz CT molecular complexity index is 1260. The third kappa shape index (κ3) is 2.64. The van der Waals surface area contributed by atoms with Crippen LogP contribution in [-0.4, -0.2) is 24.1 Å². The van der Waals surface area contributed by atoms with Crippen LogP contribution in [0.3, 0.4) is 0 Å². The summed E-state index contributed by atoms with van der Waals surface area (Å²) >= 11 is 0. The topological polar surface area (TPSA) is 55.7 Å². The SMILES string of the molecule is CCOC(=O)C1C(C)=NC2=C(C(=O)c3ccccc32)C1c1cccc2ccccc12. The molecular weight excluding hydrogens is 374 g/mol. The average molecular weight is 395 g/mol. The molecule has 2 aliphatic rings. The van der Waals surface area contributed by atoms with Crippen molar-refractivity contribution < 1.29 is 14.3 Å². The van der Waals surface area contributed by atoms with E-state index in [4.69, 9.17) is 9.73 Å². The highest BCUT2D eigenvalue weighted by molar-refractivity contribution is 6.25. The first-order valence-electron chi connectivity index (χ1n) is 10.2. The summed E-state index contributed by atoms with van der Waals surface area (Å²) in [4.78, 5) is 31.3. The van der Waals surface area contributed by atoms with Gasteiger partial charge < -0.3 is 4.74 Å². The summed E-state index contributed by atoms with van der Waals surface area (Å²) in [7, 11) is 0. The van der Waals surface area contributed by atoms with Gasteiger partial charge in [0, 0.05) is 28.3 Å². The number of esters is 1. The van der Waals surface area contributed by atoms with E-state index in [1.807, 2.05) is 73.7 Å². The van der Waals surface area contributed by atoms with Gasteiger partial charge in [0.15, 0.2) is 5.78 Å². The molecule has 1 aliphatic carbocycles. The molecule has 2 unspecified atom stereocenters. The second kappa shape index (κ2) is 7.06. The van der Waals surface area contributed by atoms with Crippen LogP contribution in [0.5, 0.6) is 0 Å². The van der Waals surface area contributed by atoms with Crippen LogP contribution in [0.25, 0.3) is 16.5 Å². The first-order chi connectivity index (χ1) is 14.6. The predicted molar refractivity (Wildman–Crippen MR) is 118 cm³/mol. The van der Waals surface area contributed by atoms with E-state index in [2.05, 4.69) is 0 Å². The molecule has 0 saturated carbocycles. The molecule has 3 aromatic carbocycles. The fourth-order valence-electron chi connectivity index (χ4n) is 4.74. The monoisotopic (exact) mass is 395 g/mol. The van der Waals surface area contributed by atoms with Crippen LogP contribution < -0.4 is 0 Å². The van der Waals surface area contributed by atoms with Crippen molar-refractivity contribution in [2.75, 3.05) is 6.61 Å². The molecule has 1 aliphatic heterocycles. The lowest BCUT2D eigenvalue weighted by atomic mass is 9.74. The Morgan fingerprint density at radius 2 is 1.67 bits per heavy atom. The molecule has 0 aromatic heterocycles. The number of Topliss-reactive ketones (excluding diaryl/α,β-unsaturated/α-hetero) is 1. The van der Waals surface area contributed by atoms with Crippen molar-refractivity contribution in [3.8, 4) is 0 Å². The molecule has 0 saturated heterocycles. The minimum absolute atomic E-state index is 0.0518. The van der Waals surface area contributed by atoms with Crippen LogP contribution in [0.2, 0.25) is 0 Å². The van der Waals surface area contributed by atoms with Gasteiger partial charge in [-0.1, -0.05) is 66.7 Å². The lowest BCUT2D eigenvalue weighted by Crippen LogP contribution is -2.35. The van der Waals surface area contributed by atoms with Gasteiger partial charge in [-0.05, 0) is 30.2 Å². The summed E-state index contributed by atoms with van der Waals surface area (Å²) in [5, 5.41) is 2.10. The Morgan fingerprint density at radius 1 is 0.967 bits per heavy atom. The molecule has 0 radical (unpaired) electrons. The Hall–Kier alpha value is -3.53. The van der Waals surface area contributed by atoms with Crippen LogP contribution in [0, 0.1) is 5.92 Å². The van der Waals surface area contributed by atoms with Gasteiger partial charge >= 0.3 is 5.97 Å². The Labute approximate surface area is 174 Å². The molecular formula is C26H21NO3. The summed E-state index contributed by atoms with van der Waals surface area (Å²) in [5.41, 5.74) is 4.39. The van der Waals surface area contributed by atoms with Gasteiger partial charge in [-0.15, -0.1) is 0 Å². The van der Waals surface area contributed by atoms with Crippen LogP contribution in [0.4, 0.5) is 0 Å². The summed E-state index contributed by atoms with van der Waals surface area (Å²) < 4.78 is 5.42. The summed E-state index contributed by atoms with van der Waals surface area (Å²) in [5.74, 6) is -1.47. The number of carbonyl (C=O) groups is 2. The highest BCUT2D eigenvalue weighted by Gasteiger charge is 2.46. The van der Waals surface area contributed by atoms with E-state index in [9.17, 15) is 9.59 Å². The molecule has 0 N–H and O–H groups in total. The van der Waals surface area contributed by atoms with Gasteiger partial charge in [-0.3, -0.25) is 14.6 Å². The predicted octanol–water partition coefficient (Wildman–Crippen LogP) is 5.18. The number of rotatable bonds is 3. The smallest absolute Gasteiger partial charge is 0.315 e. The average Bonchev–Trinajstić information content (AvgIpc) is 3.04. The third-order valence-corrected chi connectivity index (χ3v) is 6.01. The molecule has 0 bridgehead atoms. The second-order valence-electron chi connectivity index (χ2n) is 7.67. The molecule has 4 nitrogen and oxygen atoms in total. The van der Waals surface area contributed by atoms with Gasteiger partial charge in [0.05, 0.1) is 12.3 Å². The number of ketones is 1. The number of aliphatic imine (C=N–C) groups is 1. The van der Waals surface area contributed by atoms with E-state index < -0.39 is 11.8 Å². The third-order valence-electron chi connectivity index (χ3n) is 6.01. The number of hydrogen-bond donors (Lipinski definition) is 0. The maximum absolute atomic E-state index is 13.5. The van der Waals surface area contributed by atoms with Gasteiger partial charge in [0.2, 0.25) is 0 Å². The van der Waals surface area contributed by atoms with Crippen LogP contribution in [0.1, 0.15) is 41.3 Å². The Morgan fingerprint density at radius 3 is 2.47 bits per heavy atom. The maximum Gasteiger partial charge on any atom is 0.315 e. The van der Waals surface area contributed by atoms with E-state index in [0.717, 1.165) is 21.9 Å². The maximum atomic E-state index is 13.5. The van der Waals surface area contributed by atoms with E-state index in [0.29, 0.717) is 22.5 Å². The summed E-state index contributed by atoms with van der Waals surface area (Å²) in [6.07, 6.45) is 0. The minimum Gasteiger partial charge on any atom is -0.465 e. The second-order valence-corrected chi connectivity index (χ2v) is 7.67. The highest BCUT2D eigenvalue weighted by atomic mass is 16.5. The van der Waals surface area contributed by atoms with Crippen molar-refractivity contribution in [2.45, 2.75) is 19.8 Å². The molecule has 0 amide bonds. The number of benzene rings is 3. The number of carbonyl (C=O) groups excluding carboxylic acids is 2. The van der Waals surface area contributed by atoms with E-state index in [1.165, 1.54) is 0 Å². The van der Waals surface area contributed by atoms with Crippen molar-refractivity contribution in [1.82, 2.24) is 0 Å². The molecule has 30 heavy (non-hydrogen) atoms. The molecule has 1 heterocycles. The quantitative estimate of drug-likeness (QED) is 0.574. The zero-order valence-electron chi connectivity index (χ0n) is 16.9. The number of fused-ring (bicyclic) bond motifs is 3. The Balaban J connectivity index is 1.79. The molecule has 0 spiro atoms. The number of hydrogen-bond acceptors (Lipinski definition) is 4. The lowest BCUT2D eigenvalue weighted by molar-refractivity contribution is -0.145. The zero-order valence-corrected chi connectivity index (χ0v) is 16.9. The minimum atomic E-state index is -0.632. The normalized spacial score (nSPS) is 20.1. The first kappa shape index (κ1) is 18.5. The van der Waals surface area contributed by atoms with Crippen LogP contribution in [0.15, 0.2) is 77.3 Å². The van der Waals surface area contributed by atoms with Crippen LogP contribution >= 0.6 is 0 Å². The van der Waals surface area contributed by atoms with E-state index in [1.54, 1.807) is 6.92 Å². The molecule has 5 rings (SSSR count). The molecule has 2 atom stereocenters. The largest absolute Gasteiger partial charge is 0.465 e.